The Bertz CT molecular complexity index is 1410. The van der Waals surface area contributed by atoms with E-state index in [4.69, 9.17) is 11.6 Å². The SMILES string of the molecule is [C-]#[N+]c1cnc(NC(C)c2ccc(N3CCC(O)(CC)CC3)nc2)nc1-c1c[nH]c2ncc(C)cc12. The third-order valence-corrected chi connectivity index (χ3v) is 7.11. The third-order valence-electron chi connectivity index (χ3n) is 7.11. The molecule has 1 aliphatic rings. The predicted molar refractivity (Wildman–Crippen MR) is 141 cm³/mol. The lowest BCUT2D eigenvalue weighted by molar-refractivity contribution is 0.0125. The molecule has 0 aromatic carbocycles. The number of nitrogens with zero attached hydrogens (tertiary/aromatic N) is 6. The van der Waals surface area contributed by atoms with E-state index < -0.39 is 5.60 Å². The van der Waals surface area contributed by atoms with Crippen molar-refractivity contribution in [3.8, 4) is 11.3 Å². The molecule has 0 spiro atoms. The second-order valence-electron chi connectivity index (χ2n) is 9.53. The van der Waals surface area contributed by atoms with Gasteiger partial charge in [0.2, 0.25) is 11.6 Å². The average molecular weight is 483 g/mol. The highest BCUT2D eigenvalue weighted by Crippen LogP contribution is 2.34. The molecule has 1 saturated heterocycles. The van der Waals surface area contributed by atoms with Crippen LogP contribution in [0.3, 0.4) is 0 Å². The molecule has 4 aromatic rings. The van der Waals surface area contributed by atoms with Crippen LogP contribution < -0.4 is 10.2 Å². The van der Waals surface area contributed by atoms with Crippen LogP contribution in [-0.4, -0.2) is 48.7 Å². The number of aromatic amines is 1. The van der Waals surface area contributed by atoms with Crippen LogP contribution in [-0.2, 0) is 0 Å². The minimum absolute atomic E-state index is 0.0865. The molecule has 9 nitrogen and oxygen atoms in total. The third kappa shape index (κ3) is 4.60. The molecular weight excluding hydrogens is 452 g/mol. The van der Waals surface area contributed by atoms with E-state index in [2.05, 4.69) is 41.1 Å². The number of aliphatic hydroxyl groups is 1. The van der Waals surface area contributed by atoms with Crippen LogP contribution in [0.5, 0.6) is 0 Å². The van der Waals surface area contributed by atoms with E-state index in [1.165, 1.54) is 0 Å². The van der Waals surface area contributed by atoms with Crippen LogP contribution in [0.15, 0.2) is 43.0 Å². The highest BCUT2D eigenvalue weighted by molar-refractivity contribution is 5.96. The van der Waals surface area contributed by atoms with E-state index in [-0.39, 0.29) is 6.04 Å². The quantitative estimate of drug-likeness (QED) is 0.325. The van der Waals surface area contributed by atoms with Crippen molar-refractivity contribution in [2.24, 2.45) is 0 Å². The van der Waals surface area contributed by atoms with Crippen molar-refractivity contribution in [2.45, 2.75) is 51.7 Å². The topological polar surface area (TPSA) is 107 Å². The Labute approximate surface area is 210 Å². The summed E-state index contributed by atoms with van der Waals surface area (Å²) in [4.78, 5) is 27.2. The van der Waals surface area contributed by atoms with Gasteiger partial charge in [-0.15, -0.1) is 0 Å². The van der Waals surface area contributed by atoms with Gasteiger partial charge in [-0.05, 0) is 56.4 Å². The number of fused-ring (bicyclic) bond motifs is 1. The van der Waals surface area contributed by atoms with Gasteiger partial charge in [-0.2, -0.15) is 0 Å². The number of H-pyrrole nitrogens is 1. The van der Waals surface area contributed by atoms with Crippen LogP contribution in [0, 0.1) is 13.5 Å². The molecule has 1 atom stereocenters. The molecule has 184 valence electrons. The lowest BCUT2D eigenvalue weighted by Gasteiger charge is -2.38. The number of aryl methyl sites for hydroxylation is 1. The standard InChI is InChI=1S/C27H30N8O/c1-5-27(36)8-10-35(11-9-27)23-7-6-19(14-29-23)18(3)33-26-32-16-22(28-4)24(34-26)21-15-31-25-20(21)12-17(2)13-30-25/h6-7,12-16,18,36H,5,8-11H2,1-3H3,(H,30,31)(H,32,33,34). The predicted octanol–water partition coefficient (Wildman–Crippen LogP) is 5.19. The first-order valence-corrected chi connectivity index (χ1v) is 12.3. The Kier molecular flexibility index (Phi) is 6.29. The van der Waals surface area contributed by atoms with Gasteiger partial charge in [0.1, 0.15) is 11.5 Å². The second-order valence-corrected chi connectivity index (χ2v) is 9.53. The Hall–Kier alpha value is -4.03. The largest absolute Gasteiger partial charge is 0.390 e. The summed E-state index contributed by atoms with van der Waals surface area (Å²) in [5.41, 5.74) is 4.04. The van der Waals surface area contributed by atoms with Crippen LogP contribution in [0.2, 0.25) is 0 Å². The highest BCUT2D eigenvalue weighted by atomic mass is 16.3. The summed E-state index contributed by atoms with van der Waals surface area (Å²) in [7, 11) is 0. The van der Waals surface area contributed by atoms with Crippen molar-refractivity contribution in [3.63, 3.8) is 0 Å². The Morgan fingerprint density at radius 2 is 2.00 bits per heavy atom. The molecule has 0 bridgehead atoms. The van der Waals surface area contributed by atoms with E-state index >= 15 is 0 Å². The number of rotatable bonds is 6. The van der Waals surface area contributed by atoms with Gasteiger partial charge in [-0.3, -0.25) is 0 Å². The van der Waals surface area contributed by atoms with Crippen molar-refractivity contribution >= 4 is 28.5 Å². The fraction of sp³-hybridized carbons (Fsp3) is 0.370. The monoisotopic (exact) mass is 482 g/mol. The lowest BCUT2D eigenvalue weighted by Crippen LogP contribution is -2.44. The number of aromatic nitrogens is 5. The van der Waals surface area contributed by atoms with Gasteiger partial charge >= 0.3 is 0 Å². The van der Waals surface area contributed by atoms with Gasteiger partial charge in [0.25, 0.3) is 0 Å². The first-order chi connectivity index (χ1) is 17.4. The molecule has 1 aliphatic heterocycles. The first kappa shape index (κ1) is 23.7. The molecule has 4 aromatic heterocycles. The summed E-state index contributed by atoms with van der Waals surface area (Å²) < 4.78 is 0. The zero-order chi connectivity index (χ0) is 25.3. The Morgan fingerprint density at radius 1 is 1.19 bits per heavy atom. The molecule has 0 saturated carbocycles. The molecular formula is C27H30N8O. The molecule has 0 amide bonds. The number of hydrogen-bond donors (Lipinski definition) is 3. The number of anilines is 2. The van der Waals surface area contributed by atoms with Crippen molar-refractivity contribution in [1.29, 1.82) is 0 Å². The summed E-state index contributed by atoms with van der Waals surface area (Å²) in [6.45, 7) is 15.3. The van der Waals surface area contributed by atoms with Gasteiger partial charge in [-0.25, -0.2) is 24.8 Å². The summed E-state index contributed by atoms with van der Waals surface area (Å²) in [5.74, 6) is 1.37. The van der Waals surface area contributed by atoms with E-state index in [1.807, 2.05) is 51.5 Å². The fourth-order valence-corrected chi connectivity index (χ4v) is 4.65. The zero-order valence-electron chi connectivity index (χ0n) is 20.8. The van der Waals surface area contributed by atoms with Gasteiger partial charge in [0, 0.05) is 48.8 Å². The number of nitrogens with one attached hydrogen (secondary N) is 2. The minimum atomic E-state index is -0.543. The minimum Gasteiger partial charge on any atom is -0.390 e. The number of pyridine rings is 2. The molecule has 1 fully saturated rings. The lowest BCUT2D eigenvalue weighted by atomic mass is 9.89. The van der Waals surface area contributed by atoms with Gasteiger partial charge in [0.15, 0.2) is 0 Å². The van der Waals surface area contributed by atoms with Gasteiger partial charge < -0.3 is 20.3 Å². The number of hydrogen-bond acceptors (Lipinski definition) is 7. The average Bonchev–Trinajstić information content (AvgIpc) is 3.32. The van der Waals surface area contributed by atoms with E-state index in [0.717, 1.165) is 65.9 Å². The highest BCUT2D eigenvalue weighted by Gasteiger charge is 2.30. The fourth-order valence-electron chi connectivity index (χ4n) is 4.65. The summed E-state index contributed by atoms with van der Waals surface area (Å²) in [6.07, 6.45) is 9.38. The summed E-state index contributed by atoms with van der Waals surface area (Å²) >= 11 is 0. The smallest absolute Gasteiger partial charge is 0.231 e. The van der Waals surface area contributed by atoms with E-state index in [1.54, 1.807) is 6.20 Å². The number of piperidine rings is 1. The molecule has 36 heavy (non-hydrogen) atoms. The van der Waals surface area contributed by atoms with Crippen molar-refractivity contribution in [2.75, 3.05) is 23.3 Å². The molecule has 9 heteroatoms. The van der Waals surface area contributed by atoms with Crippen molar-refractivity contribution < 1.29 is 5.11 Å². The summed E-state index contributed by atoms with van der Waals surface area (Å²) in [6, 6.07) is 6.04. The van der Waals surface area contributed by atoms with Crippen molar-refractivity contribution in [3.05, 3.63) is 65.5 Å². The van der Waals surface area contributed by atoms with Crippen LogP contribution in [0.1, 0.15) is 50.3 Å². The maximum absolute atomic E-state index is 10.5. The molecule has 0 aliphatic carbocycles. The second kappa shape index (κ2) is 9.55. The normalized spacial score (nSPS) is 16.0. The first-order valence-electron chi connectivity index (χ1n) is 12.3. The maximum atomic E-state index is 10.5. The molecule has 5 heterocycles. The van der Waals surface area contributed by atoms with Crippen molar-refractivity contribution in [1.82, 2.24) is 24.9 Å². The van der Waals surface area contributed by atoms with Gasteiger partial charge in [0.05, 0.1) is 23.9 Å². The maximum Gasteiger partial charge on any atom is 0.231 e. The molecule has 0 radical (unpaired) electrons. The molecule has 5 rings (SSSR count). The van der Waals surface area contributed by atoms with Crippen LogP contribution in [0.25, 0.3) is 27.1 Å². The zero-order valence-corrected chi connectivity index (χ0v) is 20.8. The molecule has 3 N–H and O–H groups in total. The van der Waals surface area contributed by atoms with Crippen LogP contribution >= 0.6 is 0 Å². The van der Waals surface area contributed by atoms with E-state index in [9.17, 15) is 5.11 Å². The Balaban J connectivity index is 1.34. The van der Waals surface area contributed by atoms with Crippen LogP contribution in [0.4, 0.5) is 17.5 Å². The Morgan fingerprint density at radius 3 is 2.69 bits per heavy atom. The summed E-state index contributed by atoms with van der Waals surface area (Å²) in [5, 5.41) is 14.8. The molecule has 1 unspecified atom stereocenters. The van der Waals surface area contributed by atoms with Gasteiger partial charge in [-0.1, -0.05) is 13.0 Å². The van der Waals surface area contributed by atoms with E-state index in [0.29, 0.717) is 17.3 Å².